The van der Waals surface area contributed by atoms with Crippen molar-refractivity contribution in [3.8, 4) is 0 Å². The average molecular weight is 333 g/mol. The first-order chi connectivity index (χ1) is 9.16. The first-order valence-electron chi connectivity index (χ1n) is 5.10. The molecule has 0 fully saturated rings. The summed E-state index contributed by atoms with van der Waals surface area (Å²) >= 11 is 0. The van der Waals surface area contributed by atoms with E-state index in [1.165, 1.54) is 0 Å². The molecule has 2 nitrogen and oxygen atoms in total. The van der Waals surface area contributed by atoms with Crippen LogP contribution >= 0.6 is 0 Å². The number of aromatic nitrogens is 2. The number of nitrogens with zero attached hydrogens (tertiary/aromatic N) is 2. The van der Waals surface area contributed by atoms with Gasteiger partial charge in [0.15, 0.2) is 13.1 Å². The molecule has 0 spiro atoms. The van der Waals surface area contributed by atoms with Gasteiger partial charge in [-0.1, -0.05) is 0 Å². The number of rotatable bonds is 4. The lowest BCUT2D eigenvalue weighted by Gasteiger charge is -2.17. The monoisotopic (exact) mass is 333 g/mol. The fraction of sp³-hybridized carbons (Fsp3) is 0.667. The van der Waals surface area contributed by atoms with Crippen molar-refractivity contribution in [2.75, 3.05) is 0 Å². The van der Waals surface area contributed by atoms with E-state index in [0.29, 0.717) is 18.7 Å². The first-order valence-corrected chi connectivity index (χ1v) is 5.10. The summed E-state index contributed by atoms with van der Waals surface area (Å²) in [4.78, 5) is 0. The van der Waals surface area contributed by atoms with E-state index in [-0.39, 0.29) is 9.13 Å². The second-order valence-electron chi connectivity index (χ2n) is 4.16. The molecule has 0 atom stereocenters. The average Bonchev–Trinajstić information content (AvgIpc) is 2.60. The number of alkyl halides is 10. The zero-order valence-electron chi connectivity index (χ0n) is 9.82. The van der Waals surface area contributed by atoms with Crippen LogP contribution in [0.3, 0.4) is 0 Å². The van der Waals surface area contributed by atoms with Crippen molar-refractivity contribution in [1.82, 2.24) is 4.57 Å². The molecule has 0 radical (unpaired) electrons. The van der Waals surface area contributed by atoms with Gasteiger partial charge in [0.05, 0.1) is 0 Å². The van der Waals surface area contributed by atoms with Crippen molar-refractivity contribution < 1.29 is 48.5 Å². The second kappa shape index (κ2) is 5.05. The summed E-state index contributed by atoms with van der Waals surface area (Å²) in [7, 11) is 0. The van der Waals surface area contributed by atoms with Crippen molar-refractivity contribution in [3.05, 3.63) is 18.7 Å². The quantitative estimate of drug-likeness (QED) is 0.591. The predicted molar refractivity (Wildman–Crippen MR) is 46.6 cm³/mol. The molecule has 1 heterocycles. The Morgan fingerprint density at radius 3 is 1.67 bits per heavy atom. The molecule has 1 aromatic rings. The molecule has 0 aliphatic carbocycles. The third kappa shape index (κ3) is 4.00. The Labute approximate surface area is 110 Å². The van der Waals surface area contributed by atoms with Gasteiger partial charge in [-0.25, -0.2) is 9.13 Å². The van der Waals surface area contributed by atoms with Crippen LogP contribution in [0.5, 0.6) is 0 Å². The molecule has 122 valence electrons. The van der Waals surface area contributed by atoms with Crippen LogP contribution < -0.4 is 4.57 Å². The van der Waals surface area contributed by atoms with Crippen LogP contribution in [0.25, 0.3) is 0 Å². The molecule has 0 aromatic carbocycles. The van der Waals surface area contributed by atoms with Gasteiger partial charge in [0.2, 0.25) is 6.33 Å². The zero-order valence-corrected chi connectivity index (χ0v) is 9.82. The number of halogens is 10. The lowest BCUT2D eigenvalue weighted by atomic mass is 10.3. The van der Waals surface area contributed by atoms with Crippen LogP contribution in [0.2, 0.25) is 0 Å². The minimum Gasteiger partial charge on any atom is -0.230 e. The largest absolute Gasteiger partial charge is 0.457 e. The molecule has 1 rings (SSSR count). The van der Waals surface area contributed by atoms with Gasteiger partial charge >= 0.3 is 24.2 Å². The first kappa shape index (κ1) is 17.6. The van der Waals surface area contributed by atoms with Crippen molar-refractivity contribution in [1.29, 1.82) is 0 Å². The normalized spacial score (nSPS) is 14.6. The Morgan fingerprint density at radius 2 is 1.24 bits per heavy atom. The number of hydrogen-bond acceptors (Lipinski definition) is 0. The Kier molecular flexibility index (Phi) is 4.23. The van der Waals surface area contributed by atoms with Crippen LogP contribution in [0.15, 0.2) is 18.7 Å². The molecule has 0 N–H and O–H groups in total. The highest BCUT2D eigenvalue weighted by molar-refractivity contribution is 4.80. The summed E-state index contributed by atoms with van der Waals surface area (Å²) in [6, 6.07) is 0. The summed E-state index contributed by atoms with van der Waals surface area (Å²) in [6.07, 6.45) is -10.4. The minimum absolute atomic E-state index is 0.167. The molecule has 0 amide bonds. The van der Waals surface area contributed by atoms with Crippen molar-refractivity contribution in [2.24, 2.45) is 0 Å². The van der Waals surface area contributed by atoms with Gasteiger partial charge in [-0.15, -0.1) is 0 Å². The molecule has 1 aromatic heterocycles. The van der Waals surface area contributed by atoms with Crippen LogP contribution in [-0.2, 0) is 13.1 Å². The van der Waals surface area contributed by atoms with E-state index in [9.17, 15) is 43.9 Å². The van der Waals surface area contributed by atoms with Gasteiger partial charge in [0, 0.05) is 0 Å². The molecule has 12 heteroatoms. The van der Waals surface area contributed by atoms with Gasteiger partial charge in [-0.2, -0.15) is 43.9 Å². The molecular weight excluding hydrogens is 326 g/mol. The van der Waals surface area contributed by atoms with E-state index >= 15 is 0 Å². The Bertz CT molecular complexity index is 441. The highest BCUT2D eigenvalue weighted by Crippen LogP contribution is 2.37. The molecule has 0 unspecified atom stereocenters. The second-order valence-corrected chi connectivity index (χ2v) is 4.16. The summed E-state index contributed by atoms with van der Waals surface area (Å²) in [5, 5.41) is 0. The SMILES string of the molecule is FC(F)(F)C(F)(F)Cn1cc[n+](CC(F)(F)C(F)(F)F)c1. The van der Waals surface area contributed by atoms with Crippen molar-refractivity contribution in [3.63, 3.8) is 0 Å². The highest BCUT2D eigenvalue weighted by atomic mass is 19.4. The third-order valence-electron chi connectivity index (χ3n) is 2.34. The third-order valence-corrected chi connectivity index (χ3v) is 2.34. The fourth-order valence-electron chi connectivity index (χ4n) is 1.26. The fourth-order valence-corrected chi connectivity index (χ4v) is 1.26. The zero-order chi connectivity index (χ0) is 16.7. The summed E-state index contributed by atoms with van der Waals surface area (Å²) in [5.74, 6) is -10.3. The van der Waals surface area contributed by atoms with E-state index in [1.54, 1.807) is 0 Å². The molecular formula is C9H7F10N2+. The van der Waals surface area contributed by atoms with Crippen molar-refractivity contribution in [2.45, 2.75) is 37.3 Å². The van der Waals surface area contributed by atoms with Crippen LogP contribution in [0.4, 0.5) is 43.9 Å². The molecule has 0 aliphatic heterocycles. The summed E-state index contributed by atoms with van der Waals surface area (Å²) in [6.45, 7) is -3.86. The number of imidazole rings is 1. The smallest absolute Gasteiger partial charge is 0.230 e. The van der Waals surface area contributed by atoms with Crippen LogP contribution in [0.1, 0.15) is 0 Å². The lowest BCUT2D eigenvalue weighted by molar-refractivity contribution is -0.719. The minimum atomic E-state index is -5.86. The maximum atomic E-state index is 12.7. The van der Waals surface area contributed by atoms with Gasteiger partial charge in [-0.05, 0) is 0 Å². The Balaban J connectivity index is 2.84. The maximum Gasteiger partial charge on any atom is 0.457 e. The van der Waals surface area contributed by atoms with E-state index in [1.807, 2.05) is 0 Å². The van der Waals surface area contributed by atoms with Crippen LogP contribution in [0, 0.1) is 0 Å². The van der Waals surface area contributed by atoms with Gasteiger partial charge in [0.25, 0.3) is 0 Å². The van der Waals surface area contributed by atoms with E-state index < -0.39 is 37.3 Å². The van der Waals surface area contributed by atoms with E-state index in [0.717, 1.165) is 0 Å². The molecule has 0 saturated heterocycles. The lowest BCUT2D eigenvalue weighted by Crippen LogP contribution is -2.50. The standard InChI is InChI=1S/C9H7F10N2/c10-6(11,8(14,15)16)3-20-1-2-21(5-20)4-7(12,13)9(17,18)19/h1-2,5H,3-4H2/q+1. The van der Waals surface area contributed by atoms with E-state index in [2.05, 4.69) is 0 Å². The Hall–Kier alpha value is -1.49. The van der Waals surface area contributed by atoms with Gasteiger partial charge in [-0.3, -0.25) is 0 Å². The highest BCUT2D eigenvalue weighted by Gasteiger charge is 2.60. The molecule has 0 saturated carbocycles. The van der Waals surface area contributed by atoms with Gasteiger partial charge in [0.1, 0.15) is 12.4 Å². The number of hydrogen-bond donors (Lipinski definition) is 0. The maximum absolute atomic E-state index is 12.7. The van der Waals surface area contributed by atoms with E-state index in [4.69, 9.17) is 0 Å². The molecule has 21 heavy (non-hydrogen) atoms. The van der Waals surface area contributed by atoms with Crippen molar-refractivity contribution >= 4 is 0 Å². The summed E-state index contributed by atoms with van der Waals surface area (Å²) in [5.41, 5.74) is 0. The van der Waals surface area contributed by atoms with Gasteiger partial charge < -0.3 is 0 Å². The van der Waals surface area contributed by atoms with Crippen LogP contribution in [-0.4, -0.2) is 28.8 Å². The molecule has 0 bridgehead atoms. The molecule has 0 aliphatic rings. The summed E-state index contributed by atoms with van der Waals surface area (Å²) < 4.78 is 122. The Morgan fingerprint density at radius 1 is 0.762 bits per heavy atom. The topological polar surface area (TPSA) is 8.81 Å². The predicted octanol–water partition coefficient (Wildman–Crippen LogP) is 3.17.